The third-order valence-corrected chi connectivity index (χ3v) is 4.76. The average molecular weight is 460 g/mol. The van der Waals surface area contributed by atoms with E-state index in [1.54, 1.807) is 0 Å². The second-order valence-electron chi connectivity index (χ2n) is 7.31. The molecule has 0 atom stereocenters. The van der Waals surface area contributed by atoms with Crippen LogP contribution >= 0.6 is 0 Å². The van der Waals surface area contributed by atoms with Crippen LogP contribution in [0.4, 0.5) is 0 Å². The highest BCUT2D eigenvalue weighted by atomic mass is 35.5. The molecule has 0 N–H and O–H groups in total. The largest absolute Gasteiger partial charge is 1.00 e. The summed E-state index contributed by atoms with van der Waals surface area (Å²) in [5.41, 5.74) is 0. The molecule has 0 aliphatic heterocycles. The molecule has 0 saturated heterocycles. The van der Waals surface area contributed by atoms with Gasteiger partial charge in [-0.2, -0.15) is 0 Å². The maximum atomic E-state index is 8.25. The fourth-order valence-corrected chi connectivity index (χ4v) is 2.96. The van der Waals surface area contributed by atoms with E-state index < -0.39 is 5.09 Å². The molecule has 31 heavy (non-hydrogen) atoms. The van der Waals surface area contributed by atoms with Crippen molar-refractivity contribution < 1.29 is 26.6 Å². The Labute approximate surface area is 194 Å². The summed E-state index contributed by atoms with van der Waals surface area (Å²) in [6.45, 7) is 13.3. The van der Waals surface area contributed by atoms with Gasteiger partial charge < -0.3 is 27.7 Å². The number of hydrogen-bond acceptors (Lipinski definition) is 3. The number of aryl methyl sites for hydroxylation is 4. The third-order valence-electron chi connectivity index (χ3n) is 4.76. The van der Waals surface area contributed by atoms with E-state index in [1.165, 1.54) is 64.5 Å². The lowest BCUT2D eigenvalue weighted by Gasteiger charge is -1.95. The number of imidazole rings is 2. The zero-order valence-corrected chi connectivity index (χ0v) is 20.5. The van der Waals surface area contributed by atoms with Crippen molar-refractivity contribution >= 4 is 0 Å². The number of hydrogen-bond donors (Lipinski definition) is 0. The van der Waals surface area contributed by atoms with Crippen molar-refractivity contribution in [1.82, 2.24) is 9.13 Å². The van der Waals surface area contributed by atoms with Gasteiger partial charge in [0, 0.05) is 0 Å². The predicted octanol–water partition coefficient (Wildman–Crippen LogP) is 1.52. The number of aromatic nitrogens is 4. The van der Waals surface area contributed by atoms with Crippen molar-refractivity contribution in [2.24, 2.45) is 0 Å². The van der Waals surface area contributed by atoms with Gasteiger partial charge in [-0.05, 0) is 39.5 Å². The number of rotatable bonds is 12. The van der Waals surface area contributed by atoms with Crippen LogP contribution in [-0.2, 0) is 26.2 Å². The fourth-order valence-electron chi connectivity index (χ4n) is 2.96. The molecule has 2 rings (SSSR count). The minimum absolute atomic E-state index is 0. The van der Waals surface area contributed by atoms with Gasteiger partial charge in [-0.25, -0.2) is 18.3 Å². The molecule has 2 aromatic heterocycles. The highest BCUT2D eigenvalue weighted by molar-refractivity contribution is 4.65. The van der Waals surface area contributed by atoms with Crippen LogP contribution in [-0.4, -0.2) is 14.2 Å². The van der Waals surface area contributed by atoms with Crippen LogP contribution in [0.3, 0.4) is 0 Å². The molecule has 9 heteroatoms. The molecule has 2 aromatic rings. The average Bonchev–Trinajstić information content (AvgIpc) is 3.38. The summed E-state index contributed by atoms with van der Waals surface area (Å²) in [6.07, 6.45) is 23.7. The Morgan fingerprint density at radius 1 is 0.710 bits per heavy atom. The maximum absolute atomic E-state index is 8.25. The summed E-state index contributed by atoms with van der Waals surface area (Å²) < 4.78 is 8.97. The summed E-state index contributed by atoms with van der Waals surface area (Å²) in [5.74, 6) is 0. The standard InChI is InChI=1S/2C11H21N2.ClH.NO3/c2*1-3-5-6-7-8-13-10-9-12(4-2)11-13;;2-1(3)4/h2*9-11H,3-8H2,1-2H3;1H;/q2*+1;;-1/p-1. The van der Waals surface area contributed by atoms with E-state index in [1.807, 2.05) is 0 Å². The van der Waals surface area contributed by atoms with Crippen molar-refractivity contribution in [2.45, 2.75) is 105 Å². The lowest BCUT2D eigenvalue weighted by Crippen LogP contribution is -3.00. The molecular formula is C22H42ClN5O3. The monoisotopic (exact) mass is 459 g/mol. The van der Waals surface area contributed by atoms with Crippen LogP contribution in [0.25, 0.3) is 0 Å². The maximum Gasteiger partial charge on any atom is 0.243 e. The van der Waals surface area contributed by atoms with Crippen molar-refractivity contribution in [3.8, 4) is 0 Å². The molecule has 8 nitrogen and oxygen atoms in total. The Balaban J connectivity index is 0. The van der Waals surface area contributed by atoms with Crippen molar-refractivity contribution in [3.63, 3.8) is 0 Å². The number of unbranched alkanes of at least 4 members (excludes halogenated alkanes) is 6. The van der Waals surface area contributed by atoms with E-state index >= 15 is 0 Å². The topological polar surface area (TPSA) is 83.8 Å². The van der Waals surface area contributed by atoms with Gasteiger partial charge in [0.15, 0.2) is 0 Å². The van der Waals surface area contributed by atoms with Crippen LogP contribution in [0.1, 0.15) is 79.1 Å². The van der Waals surface area contributed by atoms with Crippen LogP contribution in [0.5, 0.6) is 0 Å². The molecule has 2 heterocycles. The van der Waals surface area contributed by atoms with Crippen LogP contribution in [0, 0.1) is 15.3 Å². The molecule has 0 bridgehead atoms. The smallest absolute Gasteiger partial charge is 0.243 e. The molecule has 0 amide bonds. The van der Waals surface area contributed by atoms with E-state index in [9.17, 15) is 0 Å². The first-order chi connectivity index (χ1) is 14.5. The second-order valence-corrected chi connectivity index (χ2v) is 7.31. The van der Waals surface area contributed by atoms with E-state index in [4.69, 9.17) is 15.3 Å². The van der Waals surface area contributed by atoms with Crippen molar-refractivity contribution in [1.29, 1.82) is 0 Å². The van der Waals surface area contributed by atoms with E-state index in [0.29, 0.717) is 0 Å². The summed E-state index contributed by atoms with van der Waals surface area (Å²) in [7, 11) is 0. The second kappa shape index (κ2) is 21.2. The first-order valence-electron chi connectivity index (χ1n) is 11.4. The lowest BCUT2D eigenvalue weighted by molar-refractivity contribution is -0.697. The van der Waals surface area contributed by atoms with E-state index in [-0.39, 0.29) is 12.4 Å². The molecule has 0 radical (unpaired) electrons. The molecular weight excluding hydrogens is 418 g/mol. The van der Waals surface area contributed by atoms with Gasteiger partial charge in [-0.15, -0.1) is 0 Å². The highest BCUT2D eigenvalue weighted by Crippen LogP contribution is 1.99. The summed E-state index contributed by atoms with van der Waals surface area (Å²) in [5, 5.41) is 14.8. The Morgan fingerprint density at radius 3 is 1.32 bits per heavy atom. The van der Waals surface area contributed by atoms with Crippen molar-refractivity contribution in [2.75, 3.05) is 0 Å². The minimum atomic E-state index is -1.75. The minimum Gasteiger partial charge on any atom is -1.00 e. The predicted molar refractivity (Wildman–Crippen MR) is 119 cm³/mol. The molecule has 0 unspecified atom stereocenters. The van der Waals surface area contributed by atoms with Crippen molar-refractivity contribution in [3.05, 3.63) is 52.8 Å². The van der Waals surface area contributed by atoms with E-state index in [0.717, 1.165) is 13.1 Å². The number of nitrogens with zero attached hydrogens (tertiary/aromatic N) is 5. The van der Waals surface area contributed by atoms with Crippen LogP contribution in [0.15, 0.2) is 37.4 Å². The summed E-state index contributed by atoms with van der Waals surface area (Å²) >= 11 is 0. The molecule has 0 aliphatic carbocycles. The first kappa shape index (κ1) is 31.1. The molecule has 0 saturated carbocycles. The first-order valence-corrected chi connectivity index (χ1v) is 11.4. The van der Waals surface area contributed by atoms with Crippen LogP contribution < -0.4 is 21.5 Å². The molecule has 0 spiro atoms. The summed E-state index contributed by atoms with van der Waals surface area (Å²) in [6, 6.07) is 0. The highest BCUT2D eigenvalue weighted by Gasteiger charge is 2.01. The van der Waals surface area contributed by atoms with Gasteiger partial charge in [0.1, 0.15) is 24.8 Å². The fraction of sp³-hybridized carbons (Fsp3) is 0.727. The molecule has 0 aliphatic rings. The zero-order chi connectivity index (χ0) is 22.6. The molecule has 0 aromatic carbocycles. The SMILES string of the molecule is CCCCCC[n+]1ccn(CC)c1.CCCCCC[n+]1ccn(CC)c1.O=[N+]([O-])[O-].[Cl-]. The Morgan fingerprint density at radius 2 is 1.06 bits per heavy atom. The third kappa shape index (κ3) is 18.4. The number of halogens is 1. The zero-order valence-electron chi connectivity index (χ0n) is 19.8. The Bertz CT molecular complexity index is 607. The van der Waals surface area contributed by atoms with Gasteiger partial charge in [0.25, 0.3) is 0 Å². The van der Waals surface area contributed by atoms with Crippen LogP contribution in [0.2, 0.25) is 0 Å². The normalized spacial score (nSPS) is 9.68. The van der Waals surface area contributed by atoms with Gasteiger partial charge in [0.05, 0.1) is 31.3 Å². The van der Waals surface area contributed by atoms with E-state index in [2.05, 4.69) is 83.4 Å². The van der Waals surface area contributed by atoms with Gasteiger partial charge in [-0.1, -0.05) is 39.5 Å². The molecule has 0 fully saturated rings. The van der Waals surface area contributed by atoms with Gasteiger partial charge in [0.2, 0.25) is 12.7 Å². The Hall–Kier alpha value is -2.09. The summed E-state index contributed by atoms with van der Waals surface area (Å²) in [4.78, 5) is 8.25. The molecule has 180 valence electrons. The lowest BCUT2D eigenvalue weighted by atomic mass is 10.2. The quantitative estimate of drug-likeness (QED) is 0.209. The Kier molecular flexibility index (Phi) is 21.2. The van der Waals surface area contributed by atoms with Gasteiger partial charge >= 0.3 is 0 Å². The van der Waals surface area contributed by atoms with Gasteiger partial charge in [-0.3, -0.25) is 0 Å².